The summed E-state index contributed by atoms with van der Waals surface area (Å²) in [6.45, 7) is 0. The molecule has 0 saturated carbocycles. The number of hydrogen-bond donors (Lipinski definition) is 2. The number of benzene rings is 2. The van der Waals surface area contributed by atoms with E-state index in [0.29, 0.717) is 11.3 Å². The van der Waals surface area contributed by atoms with Gasteiger partial charge in [0.05, 0.1) is 11.3 Å². The van der Waals surface area contributed by atoms with Gasteiger partial charge in [-0.3, -0.25) is 4.79 Å². The molecule has 138 valence electrons. The van der Waals surface area contributed by atoms with Gasteiger partial charge in [0.2, 0.25) is 0 Å². The van der Waals surface area contributed by atoms with E-state index < -0.39 is 17.3 Å². The highest BCUT2D eigenvalue weighted by atomic mass is 19.4. The van der Waals surface area contributed by atoms with Crippen LogP contribution in [0.25, 0.3) is 33.3 Å². The lowest BCUT2D eigenvalue weighted by Crippen LogP contribution is -2.12. The number of rotatable bonds is 2. The minimum absolute atomic E-state index is 0.150. The Bertz CT molecular complexity index is 1280. The van der Waals surface area contributed by atoms with Crippen molar-refractivity contribution in [2.75, 3.05) is 0 Å². The van der Waals surface area contributed by atoms with Gasteiger partial charge in [0.1, 0.15) is 11.6 Å². The fourth-order valence-corrected chi connectivity index (χ4v) is 3.18. The highest BCUT2D eigenvalue weighted by Crippen LogP contribution is 2.33. The molecule has 0 atom stereocenters. The lowest BCUT2D eigenvalue weighted by atomic mass is 9.98. The molecule has 2 heterocycles. The van der Waals surface area contributed by atoms with Crippen LogP contribution in [-0.2, 0) is 6.18 Å². The average Bonchev–Trinajstić information content (AvgIpc) is 3.11. The molecule has 2 aromatic carbocycles. The summed E-state index contributed by atoms with van der Waals surface area (Å²) in [5.41, 5.74) is 1.16. The zero-order valence-corrected chi connectivity index (χ0v) is 14.3. The molecule has 0 bridgehead atoms. The normalized spacial score (nSPS) is 11.5. The summed E-state index contributed by atoms with van der Waals surface area (Å²) in [7, 11) is 0. The average molecular weight is 379 g/mol. The zero-order valence-electron chi connectivity index (χ0n) is 14.3. The molecular weight excluding hydrogens is 367 g/mol. The molecular formula is C21H12F3N3O. The van der Waals surface area contributed by atoms with Gasteiger partial charge in [-0.05, 0) is 29.8 Å². The van der Waals surface area contributed by atoms with Gasteiger partial charge in [-0.15, -0.1) is 0 Å². The maximum absolute atomic E-state index is 12.8. The number of nitrogens with zero attached hydrogens (tertiary/aromatic N) is 1. The Kier molecular flexibility index (Phi) is 4.04. The van der Waals surface area contributed by atoms with Crippen LogP contribution in [0.15, 0.2) is 65.6 Å². The third kappa shape index (κ3) is 2.95. The summed E-state index contributed by atoms with van der Waals surface area (Å²) >= 11 is 0. The maximum atomic E-state index is 12.8. The molecule has 7 heteroatoms. The molecule has 2 aromatic heterocycles. The van der Waals surface area contributed by atoms with Crippen LogP contribution in [0, 0.1) is 11.3 Å². The molecule has 0 aliphatic rings. The van der Waals surface area contributed by atoms with Gasteiger partial charge in [-0.1, -0.05) is 30.3 Å². The SMILES string of the molecule is N#Cc1c(-c2ccc(C(F)(F)F)cc2)cc(-c2c[nH]c3ccccc23)[nH]c1=O. The third-order valence-corrected chi connectivity index (χ3v) is 4.55. The van der Waals surface area contributed by atoms with Crippen LogP contribution in [0.5, 0.6) is 0 Å². The van der Waals surface area contributed by atoms with Gasteiger partial charge in [-0.2, -0.15) is 18.4 Å². The van der Waals surface area contributed by atoms with Crippen molar-refractivity contribution in [3.8, 4) is 28.5 Å². The number of aromatic amines is 2. The van der Waals surface area contributed by atoms with Crippen molar-refractivity contribution in [1.29, 1.82) is 5.26 Å². The van der Waals surface area contributed by atoms with Crippen molar-refractivity contribution >= 4 is 10.9 Å². The maximum Gasteiger partial charge on any atom is 0.416 e. The molecule has 0 aliphatic heterocycles. The van der Waals surface area contributed by atoms with E-state index in [1.54, 1.807) is 12.3 Å². The van der Waals surface area contributed by atoms with Gasteiger partial charge in [0.15, 0.2) is 0 Å². The highest BCUT2D eigenvalue weighted by molar-refractivity contribution is 5.95. The van der Waals surface area contributed by atoms with Crippen LogP contribution in [0.1, 0.15) is 11.1 Å². The molecule has 0 aliphatic carbocycles. The fourth-order valence-electron chi connectivity index (χ4n) is 3.18. The van der Waals surface area contributed by atoms with Crippen molar-refractivity contribution in [1.82, 2.24) is 9.97 Å². The number of para-hydroxylation sites is 1. The molecule has 28 heavy (non-hydrogen) atoms. The minimum atomic E-state index is -4.46. The number of nitrogens with one attached hydrogen (secondary N) is 2. The lowest BCUT2D eigenvalue weighted by molar-refractivity contribution is -0.137. The van der Waals surface area contributed by atoms with Crippen molar-refractivity contribution < 1.29 is 13.2 Å². The van der Waals surface area contributed by atoms with Crippen LogP contribution >= 0.6 is 0 Å². The van der Waals surface area contributed by atoms with Gasteiger partial charge < -0.3 is 9.97 Å². The zero-order chi connectivity index (χ0) is 19.9. The number of hydrogen-bond acceptors (Lipinski definition) is 2. The number of alkyl halides is 3. The van der Waals surface area contributed by atoms with Gasteiger partial charge in [0.25, 0.3) is 5.56 Å². The second kappa shape index (κ2) is 6.43. The first-order valence-electron chi connectivity index (χ1n) is 8.30. The van der Waals surface area contributed by atoms with E-state index in [0.717, 1.165) is 28.6 Å². The second-order valence-corrected chi connectivity index (χ2v) is 6.24. The Balaban J connectivity index is 1.90. The van der Waals surface area contributed by atoms with Crippen molar-refractivity contribution in [3.05, 3.63) is 82.3 Å². The van der Waals surface area contributed by atoms with E-state index in [2.05, 4.69) is 9.97 Å². The summed E-state index contributed by atoms with van der Waals surface area (Å²) in [6, 6.07) is 15.3. The number of aromatic nitrogens is 2. The van der Waals surface area contributed by atoms with Crippen molar-refractivity contribution in [2.24, 2.45) is 0 Å². The quantitative estimate of drug-likeness (QED) is 0.510. The first-order chi connectivity index (χ1) is 13.4. The molecule has 0 fully saturated rings. The smallest absolute Gasteiger partial charge is 0.360 e. The monoisotopic (exact) mass is 379 g/mol. The molecule has 0 spiro atoms. The van der Waals surface area contributed by atoms with E-state index in [1.807, 2.05) is 30.3 Å². The lowest BCUT2D eigenvalue weighted by Gasteiger charge is -2.10. The van der Waals surface area contributed by atoms with E-state index in [-0.39, 0.29) is 11.1 Å². The van der Waals surface area contributed by atoms with Gasteiger partial charge in [-0.25, -0.2) is 0 Å². The number of pyridine rings is 1. The first-order valence-corrected chi connectivity index (χ1v) is 8.30. The molecule has 2 N–H and O–H groups in total. The standard InChI is InChI=1S/C21H12F3N3O/c22-21(23,24)13-7-5-12(6-8-13)15-9-19(27-20(28)16(15)10-25)17-11-26-18-4-2-1-3-14(17)18/h1-9,11,26H,(H,27,28). The third-order valence-electron chi connectivity index (χ3n) is 4.55. The Morgan fingerprint density at radius 3 is 2.36 bits per heavy atom. The fraction of sp³-hybridized carbons (Fsp3) is 0.0476. The Labute approximate surface area is 156 Å². The number of halogens is 3. The van der Waals surface area contributed by atoms with Crippen LogP contribution in [0.3, 0.4) is 0 Å². The predicted octanol–water partition coefficient (Wildman–Crippen LogP) is 5.08. The Morgan fingerprint density at radius 2 is 1.68 bits per heavy atom. The molecule has 4 nitrogen and oxygen atoms in total. The Hall–Kier alpha value is -3.79. The van der Waals surface area contributed by atoms with E-state index in [1.165, 1.54) is 12.1 Å². The minimum Gasteiger partial charge on any atom is -0.360 e. The summed E-state index contributed by atoms with van der Waals surface area (Å²) in [6.07, 6.45) is -2.72. The summed E-state index contributed by atoms with van der Waals surface area (Å²) in [4.78, 5) is 18.2. The summed E-state index contributed by atoms with van der Waals surface area (Å²) in [5, 5.41) is 10.3. The largest absolute Gasteiger partial charge is 0.416 e. The second-order valence-electron chi connectivity index (χ2n) is 6.24. The van der Waals surface area contributed by atoms with E-state index >= 15 is 0 Å². The van der Waals surface area contributed by atoms with Crippen LogP contribution in [0.2, 0.25) is 0 Å². The molecule has 0 unspecified atom stereocenters. The molecule has 4 aromatic rings. The van der Waals surface area contributed by atoms with E-state index in [4.69, 9.17) is 0 Å². The topological polar surface area (TPSA) is 72.4 Å². The van der Waals surface area contributed by atoms with Crippen LogP contribution in [0.4, 0.5) is 13.2 Å². The first kappa shape index (κ1) is 17.6. The molecule has 0 saturated heterocycles. The van der Waals surface area contributed by atoms with Crippen molar-refractivity contribution in [3.63, 3.8) is 0 Å². The van der Waals surface area contributed by atoms with E-state index in [9.17, 15) is 23.2 Å². The summed E-state index contributed by atoms with van der Waals surface area (Å²) < 4.78 is 38.5. The van der Waals surface area contributed by atoms with Gasteiger partial charge >= 0.3 is 6.18 Å². The van der Waals surface area contributed by atoms with Crippen LogP contribution < -0.4 is 5.56 Å². The predicted molar refractivity (Wildman–Crippen MR) is 99.5 cm³/mol. The number of fused-ring (bicyclic) bond motifs is 1. The Morgan fingerprint density at radius 1 is 0.964 bits per heavy atom. The van der Waals surface area contributed by atoms with Crippen LogP contribution in [-0.4, -0.2) is 9.97 Å². The van der Waals surface area contributed by atoms with Crippen molar-refractivity contribution in [2.45, 2.75) is 6.18 Å². The highest BCUT2D eigenvalue weighted by Gasteiger charge is 2.30. The summed E-state index contributed by atoms with van der Waals surface area (Å²) in [5.74, 6) is 0. The molecule has 4 rings (SSSR count). The van der Waals surface area contributed by atoms with Gasteiger partial charge in [0, 0.05) is 28.2 Å². The molecule has 0 radical (unpaired) electrons. The number of nitriles is 1. The molecule has 0 amide bonds. The number of H-pyrrole nitrogens is 2.